The Kier molecular flexibility index (Phi) is 21.0. The van der Waals surface area contributed by atoms with Gasteiger partial charge in [0.25, 0.3) is 6.47 Å². The van der Waals surface area contributed by atoms with Crippen molar-refractivity contribution in [2.75, 3.05) is 26.5 Å². The van der Waals surface area contributed by atoms with Gasteiger partial charge in [0.2, 0.25) is 6.79 Å². The molecule has 1 aromatic carbocycles. The fourth-order valence-corrected chi connectivity index (χ4v) is 5.25. The zero-order valence-electron chi connectivity index (χ0n) is 26.8. The molecule has 46 heavy (non-hydrogen) atoms. The molecule has 1 saturated heterocycles. The minimum atomic E-state index is -0.610. The molecule has 1 aromatic rings. The van der Waals surface area contributed by atoms with Gasteiger partial charge in [0.1, 0.15) is 6.61 Å². The van der Waals surface area contributed by atoms with E-state index >= 15 is 0 Å². The second kappa shape index (κ2) is 24.8. The van der Waals surface area contributed by atoms with Crippen LogP contribution in [0.15, 0.2) is 96.7 Å². The summed E-state index contributed by atoms with van der Waals surface area (Å²) in [5.74, 6) is -1.03. The lowest BCUT2D eigenvalue weighted by atomic mass is 9.98. The fourth-order valence-electron chi connectivity index (χ4n) is 4.72. The number of thiol groups is 1. The number of benzene rings is 1. The average molecular weight is 670 g/mol. The first-order chi connectivity index (χ1) is 22.5. The van der Waals surface area contributed by atoms with Crippen molar-refractivity contribution in [3.05, 3.63) is 107 Å². The summed E-state index contributed by atoms with van der Waals surface area (Å²) in [5.41, 5.74) is 1.59. The minimum Gasteiger partial charge on any atom is -0.466 e. The number of hydrogen-bond donors (Lipinski definition) is 1. The quantitative estimate of drug-likeness (QED) is 0.0268. The van der Waals surface area contributed by atoms with Crippen molar-refractivity contribution in [1.82, 2.24) is 4.90 Å². The fraction of sp³-hybridized carbons (Fsp3) is 0.432. The Bertz CT molecular complexity index is 1240. The maximum Gasteiger partial charge on any atom is 0.333 e. The molecule has 9 heteroatoms. The summed E-state index contributed by atoms with van der Waals surface area (Å²) in [6, 6.07) is 7.11. The van der Waals surface area contributed by atoms with Gasteiger partial charge >= 0.3 is 11.9 Å². The lowest BCUT2D eigenvalue weighted by Crippen LogP contribution is -2.41. The Morgan fingerprint density at radius 3 is 2.22 bits per heavy atom. The molecule has 2 rings (SSSR count). The van der Waals surface area contributed by atoms with Crippen molar-refractivity contribution in [1.29, 1.82) is 0 Å². The lowest BCUT2D eigenvalue weighted by Gasteiger charge is -2.37. The molecule has 0 spiro atoms. The maximum absolute atomic E-state index is 12.5. The molecule has 0 bridgehead atoms. The Morgan fingerprint density at radius 2 is 1.59 bits per heavy atom. The summed E-state index contributed by atoms with van der Waals surface area (Å²) in [4.78, 5) is 37.5. The van der Waals surface area contributed by atoms with Crippen molar-refractivity contribution in [3.63, 3.8) is 0 Å². The highest BCUT2D eigenvalue weighted by Crippen LogP contribution is 2.32. The molecule has 250 valence electrons. The second-order valence-corrected chi connectivity index (χ2v) is 11.7. The summed E-state index contributed by atoms with van der Waals surface area (Å²) in [5, 5.41) is 0.431. The van der Waals surface area contributed by atoms with E-state index in [1.165, 1.54) is 6.08 Å². The molecule has 1 aliphatic heterocycles. The number of allylic oxidation sites excluding steroid dienone is 10. The molecule has 1 fully saturated rings. The largest absolute Gasteiger partial charge is 0.466 e. The molecule has 7 nitrogen and oxygen atoms in total. The first kappa shape index (κ1) is 38.9. The molecule has 2 atom stereocenters. The van der Waals surface area contributed by atoms with Gasteiger partial charge in [0.05, 0.1) is 6.04 Å². The van der Waals surface area contributed by atoms with E-state index in [9.17, 15) is 14.4 Å². The number of carbonyl (C=O) groups excluding carboxylic acids is 3. The number of likely N-dealkylation sites (tertiary alicyclic amines) is 1. The molecule has 0 saturated carbocycles. The van der Waals surface area contributed by atoms with E-state index in [1.54, 1.807) is 6.07 Å². The van der Waals surface area contributed by atoms with Crippen LogP contribution in [-0.2, 0) is 28.6 Å². The summed E-state index contributed by atoms with van der Waals surface area (Å²) in [6.45, 7) is 3.32. The highest BCUT2D eigenvalue weighted by molar-refractivity contribution is 7.81. The highest BCUT2D eigenvalue weighted by Gasteiger charge is 2.30. The molecule has 1 unspecified atom stereocenters. The standard InChI is InChI=1S/C37H48ClNO6S/c1-2-3-4-5-6-7-8-9-10-11-12-13-14-15-16-17-18-23-36(41)44-30-45-37(42)26-31-27-39(25-24-35(31)46)34(28-43-29-40)32-21-19-20-22-33(32)38/h3-4,6-7,9-10,12-13,15-16,19-22,26,29,34-35,46H,2,5,8,11,14,17-18,23-25,27-28,30H2,1H3/b4-3-,7-6-,10-9-,13-12-,16-15-,31-26-/t34-,35?/m1/s1. The van der Waals surface area contributed by atoms with Crippen LogP contribution in [0.4, 0.5) is 0 Å². The van der Waals surface area contributed by atoms with Crippen LogP contribution in [0.1, 0.15) is 76.3 Å². The van der Waals surface area contributed by atoms with Crippen LogP contribution in [0.25, 0.3) is 0 Å². The van der Waals surface area contributed by atoms with Gasteiger partial charge in [-0.25, -0.2) is 4.79 Å². The van der Waals surface area contributed by atoms with Crippen molar-refractivity contribution >= 4 is 42.6 Å². The van der Waals surface area contributed by atoms with Gasteiger partial charge < -0.3 is 14.2 Å². The number of halogens is 1. The van der Waals surface area contributed by atoms with Crippen LogP contribution < -0.4 is 0 Å². The average Bonchev–Trinajstić information content (AvgIpc) is 3.04. The van der Waals surface area contributed by atoms with Crippen molar-refractivity contribution in [2.24, 2.45) is 0 Å². The van der Waals surface area contributed by atoms with E-state index < -0.39 is 18.7 Å². The Balaban J connectivity index is 1.64. The Hall–Kier alpha value is -3.33. The molecule has 1 aliphatic rings. The van der Waals surface area contributed by atoms with E-state index in [1.807, 2.05) is 18.2 Å². The lowest BCUT2D eigenvalue weighted by molar-refractivity contribution is -0.164. The molecule has 0 radical (unpaired) electrons. The number of nitrogens with zero attached hydrogens (tertiary/aromatic N) is 1. The van der Waals surface area contributed by atoms with E-state index in [4.69, 9.17) is 25.8 Å². The van der Waals surface area contributed by atoms with E-state index in [0.717, 1.165) is 49.7 Å². The number of rotatable bonds is 21. The monoisotopic (exact) mass is 669 g/mol. The molecule has 0 aliphatic carbocycles. The van der Waals surface area contributed by atoms with E-state index in [-0.39, 0.29) is 24.3 Å². The molecular formula is C37H48ClNO6S. The summed E-state index contributed by atoms with van der Waals surface area (Å²) in [7, 11) is 0. The van der Waals surface area contributed by atoms with E-state index in [0.29, 0.717) is 37.4 Å². The van der Waals surface area contributed by atoms with Crippen molar-refractivity contribution in [3.8, 4) is 0 Å². The first-order valence-corrected chi connectivity index (χ1v) is 16.8. The van der Waals surface area contributed by atoms with Gasteiger partial charge in [-0.1, -0.05) is 97.5 Å². The summed E-state index contributed by atoms with van der Waals surface area (Å²) >= 11 is 11.1. The molecule has 1 heterocycles. The van der Waals surface area contributed by atoms with Crippen molar-refractivity contribution in [2.45, 2.75) is 76.0 Å². The second-order valence-electron chi connectivity index (χ2n) is 10.7. The molecule has 0 amide bonds. The van der Waals surface area contributed by atoms with Gasteiger partial charge in [-0.2, -0.15) is 12.6 Å². The highest BCUT2D eigenvalue weighted by atomic mass is 35.5. The van der Waals surface area contributed by atoms with Gasteiger partial charge in [-0.3, -0.25) is 14.5 Å². The predicted molar refractivity (Wildman–Crippen MR) is 189 cm³/mol. The number of carbonyl (C=O) groups is 3. The zero-order chi connectivity index (χ0) is 33.2. The minimum absolute atomic E-state index is 0.124. The van der Waals surface area contributed by atoms with Crippen molar-refractivity contribution < 1.29 is 28.6 Å². The van der Waals surface area contributed by atoms with Crippen LogP contribution in [0.3, 0.4) is 0 Å². The van der Waals surface area contributed by atoms with Crippen LogP contribution >= 0.6 is 24.2 Å². The predicted octanol–water partition coefficient (Wildman–Crippen LogP) is 8.45. The third kappa shape index (κ3) is 16.8. The van der Waals surface area contributed by atoms with Crippen LogP contribution in [-0.4, -0.2) is 55.1 Å². The van der Waals surface area contributed by atoms with Crippen LogP contribution in [0.5, 0.6) is 0 Å². The summed E-state index contributed by atoms with van der Waals surface area (Å²) in [6.07, 6.45) is 30.0. The number of hydrogen-bond acceptors (Lipinski definition) is 8. The maximum atomic E-state index is 12.5. The smallest absolute Gasteiger partial charge is 0.333 e. The van der Waals surface area contributed by atoms with E-state index in [2.05, 4.69) is 85.2 Å². The van der Waals surface area contributed by atoms with Gasteiger partial charge in [0.15, 0.2) is 0 Å². The Morgan fingerprint density at radius 1 is 0.957 bits per heavy atom. The molecule has 0 N–H and O–H groups in total. The van der Waals surface area contributed by atoms with Crippen LogP contribution in [0.2, 0.25) is 5.02 Å². The topological polar surface area (TPSA) is 82.1 Å². The number of ether oxygens (including phenoxy) is 3. The molecular weight excluding hydrogens is 622 g/mol. The van der Waals surface area contributed by atoms with Gasteiger partial charge in [0, 0.05) is 35.9 Å². The number of piperidine rings is 1. The SMILES string of the molecule is CC/C=C\C/C=C\C/C=C\C/C=C\C/C=C\CCCC(=O)OCOC(=O)/C=C1/CN([C@H](COC=O)c2ccccc2Cl)CCC1S. The normalized spacial score (nSPS) is 17.5. The Labute approximate surface area is 285 Å². The third-order valence-electron chi connectivity index (χ3n) is 7.16. The number of esters is 2. The van der Waals surface area contributed by atoms with Gasteiger partial charge in [-0.15, -0.1) is 0 Å². The molecule has 0 aromatic heterocycles. The van der Waals surface area contributed by atoms with Crippen LogP contribution in [0, 0.1) is 0 Å². The number of unbranched alkanes of at least 4 members (excludes halogenated alkanes) is 1. The third-order valence-corrected chi connectivity index (χ3v) is 8.10. The first-order valence-electron chi connectivity index (χ1n) is 16.0. The summed E-state index contributed by atoms with van der Waals surface area (Å²) < 4.78 is 15.3. The zero-order valence-corrected chi connectivity index (χ0v) is 28.5. The van der Waals surface area contributed by atoms with Gasteiger partial charge in [-0.05, 0) is 68.6 Å².